The number of hydrogen-bond donors (Lipinski definition) is 1. The molecule has 1 N–H and O–H groups in total. The van der Waals surface area contributed by atoms with Crippen molar-refractivity contribution >= 4 is 0 Å². The van der Waals surface area contributed by atoms with E-state index in [1.165, 1.54) is 0 Å². The normalized spacial score (nSPS) is 28.4. The number of rotatable bonds is 2. The molecule has 0 aromatic heterocycles. The van der Waals surface area contributed by atoms with Gasteiger partial charge in [-0.15, -0.1) is 0 Å². The van der Waals surface area contributed by atoms with Crippen LogP contribution in [0.25, 0.3) is 0 Å². The van der Waals surface area contributed by atoms with Crippen LogP contribution in [-0.2, 0) is 4.74 Å². The van der Waals surface area contributed by atoms with Crippen LogP contribution in [0.15, 0.2) is 0 Å². The minimum Gasteiger partial charge on any atom is -0.384 e. The summed E-state index contributed by atoms with van der Waals surface area (Å²) in [7, 11) is 3.93. The Labute approximate surface area is 68.7 Å². The second-order valence-corrected chi connectivity index (χ2v) is 3.29. The Bertz CT molecular complexity index is 108. The Hall–Kier alpha value is -0.120. The molecule has 0 unspecified atom stereocenters. The predicted octanol–water partition coefficient (Wildman–Crippen LogP) is -0.216. The third kappa shape index (κ3) is 3.18. The average Bonchev–Trinajstić information content (AvgIpc) is 2.15. The first-order valence-corrected chi connectivity index (χ1v) is 4.21. The minimum absolute atomic E-state index is 0.660. The van der Waals surface area contributed by atoms with Crippen LogP contribution in [0.5, 0.6) is 0 Å². The van der Waals surface area contributed by atoms with E-state index in [0.29, 0.717) is 5.92 Å². The van der Waals surface area contributed by atoms with Crippen LogP contribution >= 0.6 is 0 Å². The third-order valence-corrected chi connectivity index (χ3v) is 2.08. The van der Waals surface area contributed by atoms with Gasteiger partial charge in [-0.25, -0.2) is 0 Å². The van der Waals surface area contributed by atoms with Gasteiger partial charge in [-0.1, -0.05) is 0 Å². The van der Waals surface area contributed by atoms with E-state index in [1.54, 1.807) is 7.11 Å². The first-order chi connectivity index (χ1) is 5.33. The summed E-state index contributed by atoms with van der Waals surface area (Å²) in [6.07, 6.45) is 0. The van der Waals surface area contributed by atoms with Crippen LogP contribution in [0.1, 0.15) is 0 Å². The molecule has 1 heterocycles. The topological polar surface area (TPSA) is 24.5 Å². The zero-order chi connectivity index (χ0) is 8.10. The van der Waals surface area contributed by atoms with E-state index in [4.69, 9.17) is 4.74 Å². The van der Waals surface area contributed by atoms with Gasteiger partial charge in [-0.05, 0) is 7.05 Å². The van der Waals surface area contributed by atoms with Crippen LogP contribution in [0.2, 0.25) is 0 Å². The van der Waals surface area contributed by atoms with Gasteiger partial charge in [0, 0.05) is 39.2 Å². The fourth-order valence-corrected chi connectivity index (χ4v) is 1.52. The molecule has 0 radical (unpaired) electrons. The second-order valence-electron chi connectivity index (χ2n) is 3.29. The largest absolute Gasteiger partial charge is 0.384 e. The molecule has 1 aliphatic rings. The lowest BCUT2D eigenvalue weighted by atomic mass is 10.1. The third-order valence-electron chi connectivity index (χ3n) is 2.08. The molecular formula is C8H18N2O. The molecule has 0 spiro atoms. The van der Waals surface area contributed by atoms with Crippen molar-refractivity contribution in [1.29, 1.82) is 0 Å². The van der Waals surface area contributed by atoms with Crippen molar-refractivity contribution in [2.45, 2.75) is 0 Å². The lowest BCUT2D eigenvalue weighted by Crippen LogP contribution is -2.28. The van der Waals surface area contributed by atoms with E-state index >= 15 is 0 Å². The van der Waals surface area contributed by atoms with Gasteiger partial charge in [0.05, 0.1) is 6.61 Å². The predicted molar refractivity (Wildman–Crippen MR) is 45.7 cm³/mol. The van der Waals surface area contributed by atoms with Gasteiger partial charge >= 0.3 is 0 Å². The number of nitrogens with one attached hydrogen (secondary N) is 1. The first kappa shape index (κ1) is 8.97. The first-order valence-electron chi connectivity index (χ1n) is 4.21. The quantitative estimate of drug-likeness (QED) is 0.601. The van der Waals surface area contributed by atoms with Crippen molar-refractivity contribution < 1.29 is 4.74 Å². The lowest BCUT2D eigenvalue weighted by molar-refractivity contribution is 0.138. The van der Waals surface area contributed by atoms with Crippen molar-refractivity contribution in [3.05, 3.63) is 0 Å². The summed E-state index contributed by atoms with van der Waals surface area (Å²) < 4.78 is 5.12. The van der Waals surface area contributed by atoms with E-state index in [9.17, 15) is 0 Å². The van der Waals surface area contributed by atoms with Crippen molar-refractivity contribution in [2.24, 2.45) is 5.92 Å². The Kier molecular flexibility index (Phi) is 3.83. The molecule has 0 amide bonds. The van der Waals surface area contributed by atoms with Crippen LogP contribution in [0, 0.1) is 5.92 Å². The van der Waals surface area contributed by atoms with Crippen molar-refractivity contribution in [3.8, 4) is 0 Å². The van der Waals surface area contributed by atoms with Crippen LogP contribution in [0.3, 0.4) is 0 Å². The monoisotopic (exact) mass is 158 g/mol. The van der Waals surface area contributed by atoms with Gasteiger partial charge < -0.3 is 15.0 Å². The summed E-state index contributed by atoms with van der Waals surface area (Å²) in [5.74, 6) is 0.660. The summed E-state index contributed by atoms with van der Waals surface area (Å²) in [5, 5.41) is 3.39. The summed E-state index contributed by atoms with van der Waals surface area (Å²) in [4.78, 5) is 2.35. The van der Waals surface area contributed by atoms with E-state index in [2.05, 4.69) is 17.3 Å². The fourth-order valence-electron chi connectivity index (χ4n) is 1.52. The van der Waals surface area contributed by atoms with Gasteiger partial charge in [0.15, 0.2) is 0 Å². The molecular weight excluding hydrogens is 140 g/mol. The number of nitrogens with zero attached hydrogens (tertiary/aromatic N) is 1. The molecule has 1 fully saturated rings. The molecule has 66 valence electrons. The highest BCUT2D eigenvalue weighted by Crippen LogP contribution is 2.01. The Morgan fingerprint density at radius 3 is 3.18 bits per heavy atom. The maximum absolute atomic E-state index is 5.12. The number of methoxy groups -OCH3 is 1. The van der Waals surface area contributed by atoms with E-state index in [1.807, 2.05) is 0 Å². The van der Waals surface area contributed by atoms with Crippen molar-refractivity contribution in [3.63, 3.8) is 0 Å². The van der Waals surface area contributed by atoms with Crippen LogP contribution in [-0.4, -0.2) is 51.8 Å². The molecule has 3 nitrogen and oxygen atoms in total. The summed E-state index contributed by atoms with van der Waals surface area (Å²) >= 11 is 0. The molecule has 1 atom stereocenters. The summed E-state index contributed by atoms with van der Waals surface area (Å²) in [6, 6.07) is 0. The zero-order valence-electron chi connectivity index (χ0n) is 7.47. The Balaban J connectivity index is 2.27. The van der Waals surface area contributed by atoms with Crippen LogP contribution < -0.4 is 5.32 Å². The fraction of sp³-hybridized carbons (Fsp3) is 1.00. The Morgan fingerprint density at radius 2 is 2.45 bits per heavy atom. The molecule has 1 saturated heterocycles. The highest BCUT2D eigenvalue weighted by molar-refractivity contribution is 4.70. The van der Waals surface area contributed by atoms with Gasteiger partial charge in [-0.3, -0.25) is 0 Å². The van der Waals surface area contributed by atoms with Gasteiger partial charge in [0.1, 0.15) is 0 Å². The number of likely N-dealkylation sites (N-methyl/N-ethyl adjacent to an activating group) is 1. The zero-order valence-corrected chi connectivity index (χ0v) is 7.47. The van der Waals surface area contributed by atoms with Gasteiger partial charge in [0.2, 0.25) is 0 Å². The molecule has 1 aliphatic heterocycles. The van der Waals surface area contributed by atoms with E-state index < -0.39 is 0 Å². The molecule has 0 aromatic carbocycles. The maximum Gasteiger partial charge on any atom is 0.0514 e. The van der Waals surface area contributed by atoms with E-state index in [-0.39, 0.29) is 0 Å². The van der Waals surface area contributed by atoms with Crippen molar-refractivity contribution in [2.75, 3.05) is 46.9 Å². The molecule has 0 saturated carbocycles. The maximum atomic E-state index is 5.12. The minimum atomic E-state index is 0.660. The average molecular weight is 158 g/mol. The summed E-state index contributed by atoms with van der Waals surface area (Å²) in [5.41, 5.74) is 0. The van der Waals surface area contributed by atoms with Crippen molar-refractivity contribution in [1.82, 2.24) is 10.2 Å². The highest BCUT2D eigenvalue weighted by Gasteiger charge is 2.14. The molecule has 1 rings (SSSR count). The molecule has 0 aliphatic carbocycles. The molecule has 3 heteroatoms. The molecule has 0 bridgehead atoms. The second kappa shape index (κ2) is 4.70. The van der Waals surface area contributed by atoms with Gasteiger partial charge in [-0.2, -0.15) is 0 Å². The molecule has 11 heavy (non-hydrogen) atoms. The number of ether oxygens (including phenoxy) is 1. The summed E-state index contributed by atoms with van der Waals surface area (Å²) in [6.45, 7) is 5.38. The number of hydrogen-bond acceptors (Lipinski definition) is 3. The molecule has 0 aromatic rings. The highest BCUT2D eigenvalue weighted by atomic mass is 16.5. The standard InChI is InChI=1S/C8H18N2O/c1-10-4-3-9-5-8(6-10)7-11-2/h8-9H,3-7H2,1-2H3/t8-/m1/s1. The van der Waals surface area contributed by atoms with Gasteiger partial charge in [0.25, 0.3) is 0 Å². The smallest absolute Gasteiger partial charge is 0.0514 e. The SMILES string of the molecule is COC[C@@H]1CNCCN(C)C1. The lowest BCUT2D eigenvalue weighted by Gasteiger charge is -2.18. The Morgan fingerprint density at radius 1 is 1.64 bits per heavy atom. The van der Waals surface area contributed by atoms with E-state index in [0.717, 1.165) is 32.8 Å². The van der Waals surface area contributed by atoms with Crippen LogP contribution in [0.4, 0.5) is 0 Å².